The van der Waals surface area contributed by atoms with Crippen LogP contribution in [0.25, 0.3) is 10.4 Å². The molecule has 0 saturated heterocycles. The van der Waals surface area contributed by atoms with Crippen molar-refractivity contribution < 1.29 is 4.79 Å². The monoisotopic (exact) mass is 205 g/mol. The first-order valence-corrected chi connectivity index (χ1v) is 3.97. The summed E-state index contributed by atoms with van der Waals surface area (Å²) in [7, 11) is 1.44. The fraction of sp³-hybridized carbons (Fsp3) is 0.125. The lowest BCUT2D eigenvalue weighted by atomic mass is 10.1. The predicted molar refractivity (Wildman–Crippen MR) is 54.1 cm³/mol. The van der Waals surface area contributed by atoms with Crippen molar-refractivity contribution in [2.45, 2.75) is 0 Å². The minimum atomic E-state index is -0.419. The summed E-state index contributed by atoms with van der Waals surface area (Å²) in [6, 6.07) is 4.05. The lowest BCUT2D eigenvalue weighted by molar-refractivity contribution is 0.0964. The van der Waals surface area contributed by atoms with Crippen LogP contribution in [0.15, 0.2) is 28.5 Å². The smallest absolute Gasteiger partial charge is 0.253 e. The number of azide groups is 1. The first-order chi connectivity index (χ1) is 7.22. The van der Waals surface area contributed by atoms with Crippen LogP contribution >= 0.6 is 0 Å². The minimum Gasteiger partial charge on any atom is -0.355 e. The van der Waals surface area contributed by atoms with E-state index in [0.717, 1.165) is 0 Å². The first-order valence-electron chi connectivity index (χ1n) is 3.97. The molecule has 76 valence electrons. The molecule has 7 heteroatoms. The number of hydrogen-bond donors (Lipinski definition) is 1. The summed E-state index contributed by atoms with van der Waals surface area (Å²) >= 11 is 0. The Morgan fingerprint density at radius 2 is 2.27 bits per heavy atom. The van der Waals surface area contributed by atoms with Crippen LogP contribution in [0.2, 0.25) is 0 Å². The fourth-order valence-electron chi connectivity index (χ4n) is 1.04. The van der Waals surface area contributed by atoms with E-state index >= 15 is 0 Å². The van der Waals surface area contributed by atoms with Crippen molar-refractivity contribution in [1.82, 2.24) is 5.32 Å². The molecule has 1 aromatic rings. The molecule has 0 aromatic heterocycles. The highest BCUT2D eigenvalue weighted by Gasteiger charge is 2.10. The van der Waals surface area contributed by atoms with E-state index in [0.29, 0.717) is 0 Å². The second kappa shape index (κ2) is 4.73. The minimum absolute atomic E-state index is 0.0562. The zero-order valence-electron chi connectivity index (χ0n) is 7.84. The Morgan fingerprint density at radius 1 is 1.53 bits per heavy atom. The number of hydrogen-bond acceptors (Lipinski definition) is 4. The Balaban J connectivity index is 3.26. The number of nitroso groups, excluding NO2 is 1. The number of nitrogens with one attached hydrogen (secondary N) is 1. The molecule has 0 aliphatic heterocycles. The molecular weight excluding hydrogens is 198 g/mol. The molecule has 1 N–H and O–H groups in total. The van der Waals surface area contributed by atoms with Gasteiger partial charge < -0.3 is 5.32 Å². The van der Waals surface area contributed by atoms with Crippen molar-refractivity contribution in [3.8, 4) is 0 Å². The summed E-state index contributed by atoms with van der Waals surface area (Å²) in [6.45, 7) is 0. The van der Waals surface area contributed by atoms with Crippen LogP contribution in [0, 0.1) is 4.91 Å². The van der Waals surface area contributed by atoms with Gasteiger partial charge in [0.2, 0.25) is 0 Å². The van der Waals surface area contributed by atoms with Crippen molar-refractivity contribution >= 4 is 17.3 Å². The third-order valence-corrected chi connectivity index (χ3v) is 1.71. The molecule has 1 rings (SSSR count). The van der Waals surface area contributed by atoms with Gasteiger partial charge in [-0.2, -0.15) is 0 Å². The normalized spacial score (nSPS) is 8.87. The quantitative estimate of drug-likeness (QED) is 0.354. The number of nitrogens with zero attached hydrogens (tertiary/aromatic N) is 4. The van der Waals surface area contributed by atoms with E-state index in [2.05, 4.69) is 20.5 Å². The molecule has 0 atom stereocenters. The Kier molecular flexibility index (Phi) is 3.37. The SMILES string of the molecule is CNC(=O)c1ccc(N=[N+]=[N-])cc1N=O. The Bertz CT molecular complexity index is 450. The average Bonchev–Trinajstić information content (AvgIpc) is 2.28. The van der Waals surface area contributed by atoms with Crippen LogP contribution in [0.3, 0.4) is 0 Å². The summed E-state index contributed by atoms with van der Waals surface area (Å²) in [5.41, 5.74) is 8.50. The molecule has 7 nitrogen and oxygen atoms in total. The zero-order valence-corrected chi connectivity index (χ0v) is 7.84. The van der Waals surface area contributed by atoms with Gasteiger partial charge in [0.1, 0.15) is 5.69 Å². The van der Waals surface area contributed by atoms with E-state index in [1.807, 2.05) is 0 Å². The van der Waals surface area contributed by atoms with Crippen molar-refractivity contribution in [3.05, 3.63) is 39.1 Å². The van der Waals surface area contributed by atoms with Gasteiger partial charge in [0.25, 0.3) is 5.91 Å². The van der Waals surface area contributed by atoms with Crippen LogP contribution in [-0.4, -0.2) is 13.0 Å². The molecule has 1 aromatic carbocycles. The van der Waals surface area contributed by atoms with E-state index in [1.54, 1.807) is 0 Å². The molecule has 0 unspecified atom stereocenters. The van der Waals surface area contributed by atoms with Crippen LogP contribution < -0.4 is 5.32 Å². The van der Waals surface area contributed by atoms with Crippen LogP contribution in [0.4, 0.5) is 11.4 Å². The second-order valence-corrected chi connectivity index (χ2v) is 2.56. The molecule has 0 bridgehead atoms. The van der Waals surface area contributed by atoms with E-state index in [1.165, 1.54) is 25.2 Å². The molecule has 0 spiro atoms. The molecular formula is C8H7N5O2. The average molecular weight is 205 g/mol. The standard InChI is InChI=1S/C8H7N5O2/c1-10-8(14)6-3-2-5(11-13-9)4-7(6)12-15/h2-4H,1H3,(H,10,14). The molecule has 0 saturated carbocycles. The molecule has 0 radical (unpaired) electrons. The summed E-state index contributed by atoms with van der Waals surface area (Å²) in [5, 5.41) is 8.35. The maximum absolute atomic E-state index is 11.2. The predicted octanol–water partition coefficient (Wildman–Crippen LogP) is 2.39. The number of carbonyl (C=O) groups is 1. The molecule has 0 fully saturated rings. The van der Waals surface area contributed by atoms with E-state index in [9.17, 15) is 9.70 Å². The third-order valence-electron chi connectivity index (χ3n) is 1.71. The van der Waals surface area contributed by atoms with Gasteiger partial charge in [-0.1, -0.05) is 11.2 Å². The number of carbonyl (C=O) groups excluding carboxylic acids is 1. The Morgan fingerprint density at radius 3 is 2.80 bits per heavy atom. The zero-order chi connectivity index (χ0) is 11.3. The summed E-state index contributed by atoms with van der Waals surface area (Å²) in [6.07, 6.45) is 0. The largest absolute Gasteiger partial charge is 0.355 e. The van der Waals surface area contributed by atoms with Gasteiger partial charge in [0, 0.05) is 17.6 Å². The third kappa shape index (κ3) is 2.29. The lowest BCUT2D eigenvalue weighted by Gasteiger charge is -2.02. The number of amides is 1. The van der Waals surface area contributed by atoms with E-state index in [4.69, 9.17) is 5.53 Å². The van der Waals surface area contributed by atoms with Crippen LogP contribution in [0.1, 0.15) is 10.4 Å². The highest BCUT2D eigenvalue weighted by Crippen LogP contribution is 2.25. The van der Waals surface area contributed by atoms with Crippen molar-refractivity contribution in [2.75, 3.05) is 7.05 Å². The van der Waals surface area contributed by atoms with E-state index in [-0.39, 0.29) is 16.9 Å². The molecule has 15 heavy (non-hydrogen) atoms. The van der Waals surface area contributed by atoms with Gasteiger partial charge in [-0.05, 0) is 22.8 Å². The van der Waals surface area contributed by atoms with Crippen molar-refractivity contribution in [1.29, 1.82) is 0 Å². The topological polar surface area (TPSA) is 107 Å². The summed E-state index contributed by atoms with van der Waals surface area (Å²) in [4.78, 5) is 24.2. The van der Waals surface area contributed by atoms with Gasteiger partial charge in [0.15, 0.2) is 0 Å². The Hall–Kier alpha value is -2.40. The van der Waals surface area contributed by atoms with Crippen LogP contribution in [-0.2, 0) is 0 Å². The van der Waals surface area contributed by atoms with E-state index < -0.39 is 5.91 Å². The molecule has 0 aliphatic carbocycles. The molecule has 0 aliphatic rings. The second-order valence-electron chi connectivity index (χ2n) is 2.56. The fourth-order valence-corrected chi connectivity index (χ4v) is 1.04. The van der Waals surface area contributed by atoms with Crippen LogP contribution in [0.5, 0.6) is 0 Å². The highest BCUT2D eigenvalue weighted by atomic mass is 16.3. The van der Waals surface area contributed by atoms with Gasteiger partial charge in [-0.3, -0.25) is 4.79 Å². The molecule has 1 amide bonds. The summed E-state index contributed by atoms with van der Waals surface area (Å²) in [5.74, 6) is -0.419. The summed E-state index contributed by atoms with van der Waals surface area (Å²) < 4.78 is 0. The van der Waals surface area contributed by atoms with Gasteiger partial charge >= 0.3 is 0 Å². The van der Waals surface area contributed by atoms with Gasteiger partial charge in [0.05, 0.1) is 5.56 Å². The maximum atomic E-state index is 11.2. The van der Waals surface area contributed by atoms with Crippen molar-refractivity contribution in [2.24, 2.45) is 10.3 Å². The maximum Gasteiger partial charge on any atom is 0.253 e. The highest BCUT2D eigenvalue weighted by molar-refractivity contribution is 5.99. The Labute approximate surface area is 84.7 Å². The number of rotatable bonds is 3. The van der Waals surface area contributed by atoms with Gasteiger partial charge in [-0.25, -0.2) is 0 Å². The van der Waals surface area contributed by atoms with Gasteiger partial charge in [-0.15, -0.1) is 4.91 Å². The molecule has 0 heterocycles. The number of benzene rings is 1. The first kappa shape index (κ1) is 10.7. The van der Waals surface area contributed by atoms with Crippen molar-refractivity contribution in [3.63, 3.8) is 0 Å². The lowest BCUT2D eigenvalue weighted by Crippen LogP contribution is -2.17.